The summed E-state index contributed by atoms with van der Waals surface area (Å²) >= 11 is 0. The third kappa shape index (κ3) is 4.47. The first-order valence-corrected chi connectivity index (χ1v) is 11.8. The molecule has 3 aliphatic rings. The van der Waals surface area contributed by atoms with Crippen molar-refractivity contribution in [2.75, 3.05) is 0 Å². The summed E-state index contributed by atoms with van der Waals surface area (Å²) in [5, 5.41) is 12.4. The molecule has 0 spiro atoms. The monoisotopic (exact) mass is 414 g/mol. The molecule has 0 aromatic carbocycles. The van der Waals surface area contributed by atoms with Gasteiger partial charge in [0.2, 0.25) is 0 Å². The molecule has 0 saturated heterocycles. The number of nitrogens with zero attached hydrogens (tertiary/aromatic N) is 1. The van der Waals surface area contributed by atoms with E-state index in [1.807, 2.05) is 4.57 Å². The molecule has 6 heteroatoms. The number of fused-ring (bicyclic) bond motifs is 1. The number of aromatic nitrogens is 1. The Labute approximate surface area is 178 Å². The van der Waals surface area contributed by atoms with Crippen LogP contribution in [0, 0.1) is 11.8 Å². The van der Waals surface area contributed by atoms with Gasteiger partial charge in [0.25, 0.3) is 11.5 Å². The average Bonchev–Trinajstić information content (AvgIpc) is 2.76. The molecule has 1 heterocycles. The Kier molecular flexibility index (Phi) is 6.59. The lowest BCUT2D eigenvalue weighted by atomic mass is 9.84. The maximum absolute atomic E-state index is 13.4. The standard InChI is InChI=1S/C24H34N2O4/c27-22(25-20-12-6-5-11-18(20)24(29)30)19-14-17-10-4-7-13-21(17)26(23(19)28)15-16-8-2-1-3-9-16/h14,16,18,20H,1-13,15H2,(H,25,27)(H,29,30). The van der Waals surface area contributed by atoms with Gasteiger partial charge in [-0.1, -0.05) is 32.1 Å². The van der Waals surface area contributed by atoms with Crippen molar-refractivity contribution < 1.29 is 14.7 Å². The number of carboxylic acid groups (broad SMARTS) is 1. The molecule has 1 amide bonds. The highest BCUT2D eigenvalue weighted by molar-refractivity contribution is 5.94. The van der Waals surface area contributed by atoms with Gasteiger partial charge in [0, 0.05) is 18.3 Å². The van der Waals surface area contributed by atoms with E-state index >= 15 is 0 Å². The van der Waals surface area contributed by atoms with Crippen LogP contribution in [-0.2, 0) is 24.2 Å². The molecule has 2 atom stereocenters. The van der Waals surface area contributed by atoms with Crippen molar-refractivity contribution in [1.29, 1.82) is 0 Å². The first-order valence-electron chi connectivity index (χ1n) is 11.8. The van der Waals surface area contributed by atoms with Crippen LogP contribution in [0.1, 0.15) is 92.2 Å². The lowest BCUT2D eigenvalue weighted by molar-refractivity contribution is -0.143. The van der Waals surface area contributed by atoms with Gasteiger partial charge in [0.15, 0.2) is 0 Å². The minimum absolute atomic E-state index is 0.193. The predicted molar refractivity (Wildman–Crippen MR) is 115 cm³/mol. The summed E-state index contributed by atoms with van der Waals surface area (Å²) in [4.78, 5) is 38.1. The minimum Gasteiger partial charge on any atom is -0.481 e. The molecule has 30 heavy (non-hydrogen) atoms. The fourth-order valence-electron chi connectivity index (χ4n) is 5.71. The normalized spacial score (nSPS) is 24.8. The van der Waals surface area contributed by atoms with Gasteiger partial charge in [-0.2, -0.15) is 0 Å². The van der Waals surface area contributed by atoms with Crippen LogP contribution >= 0.6 is 0 Å². The van der Waals surface area contributed by atoms with E-state index in [0.717, 1.165) is 62.6 Å². The van der Waals surface area contributed by atoms with Crippen LogP contribution in [0.2, 0.25) is 0 Å². The molecule has 4 rings (SSSR count). The number of amides is 1. The van der Waals surface area contributed by atoms with Gasteiger partial charge in [-0.25, -0.2) is 0 Å². The highest BCUT2D eigenvalue weighted by Gasteiger charge is 2.33. The number of aliphatic carboxylic acids is 1. The number of hydrogen-bond acceptors (Lipinski definition) is 3. The van der Waals surface area contributed by atoms with Crippen molar-refractivity contribution in [2.24, 2.45) is 11.8 Å². The summed E-state index contributed by atoms with van der Waals surface area (Å²) < 4.78 is 1.90. The Morgan fingerprint density at radius 1 is 0.967 bits per heavy atom. The van der Waals surface area contributed by atoms with Crippen LogP contribution in [0.5, 0.6) is 0 Å². The molecule has 2 unspecified atom stereocenters. The zero-order valence-corrected chi connectivity index (χ0v) is 17.8. The zero-order valence-electron chi connectivity index (χ0n) is 17.8. The van der Waals surface area contributed by atoms with Crippen molar-refractivity contribution in [3.05, 3.63) is 33.2 Å². The minimum atomic E-state index is -0.861. The van der Waals surface area contributed by atoms with E-state index in [-0.39, 0.29) is 11.1 Å². The topological polar surface area (TPSA) is 88.4 Å². The van der Waals surface area contributed by atoms with Crippen LogP contribution < -0.4 is 10.9 Å². The van der Waals surface area contributed by atoms with E-state index in [2.05, 4.69) is 5.32 Å². The zero-order chi connectivity index (χ0) is 21.1. The summed E-state index contributed by atoms with van der Waals surface area (Å²) in [6.07, 6.45) is 13.0. The van der Waals surface area contributed by atoms with Gasteiger partial charge >= 0.3 is 5.97 Å². The molecule has 2 fully saturated rings. The van der Waals surface area contributed by atoms with Crippen LogP contribution in [-0.4, -0.2) is 27.6 Å². The lowest BCUT2D eigenvalue weighted by Gasteiger charge is -2.30. The second-order valence-corrected chi connectivity index (χ2v) is 9.47. The molecular formula is C24H34N2O4. The summed E-state index contributed by atoms with van der Waals surface area (Å²) in [7, 11) is 0. The molecule has 6 nitrogen and oxygen atoms in total. The number of nitrogens with one attached hydrogen (secondary N) is 1. The number of carboxylic acids is 1. The number of carbonyl (C=O) groups excluding carboxylic acids is 1. The molecule has 0 bridgehead atoms. The van der Waals surface area contributed by atoms with E-state index in [4.69, 9.17) is 0 Å². The number of hydrogen-bond donors (Lipinski definition) is 2. The van der Waals surface area contributed by atoms with E-state index in [9.17, 15) is 19.5 Å². The molecular weight excluding hydrogens is 380 g/mol. The highest BCUT2D eigenvalue weighted by atomic mass is 16.4. The molecule has 1 aromatic rings. The van der Waals surface area contributed by atoms with Crippen LogP contribution in [0.3, 0.4) is 0 Å². The summed E-state index contributed by atoms with van der Waals surface area (Å²) in [5.74, 6) is -1.32. The Bertz CT molecular complexity index is 853. The van der Waals surface area contributed by atoms with Crippen molar-refractivity contribution >= 4 is 11.9 Å². The number of rotatable bonds is 5. The second-order valence-electron chi connectivity index (χ2n) is 9.47. The van der Waals surface area contributed by atoms with Gasteiger partial charge in [0.1, 0.15) is 5.56 Å². The van der Waals surface area contributed by atoms with Gasteiger partial charge in [0.05, 0.1) is 5.92 Å². The molecule has 3 aliphatic carbocycles. The SMILES string of the molecule is O=C(NC1CCCCC1C(=O)O)c1cc2c(n(CC3CCCCC3)c1=O)CCCC2. The predicted octanol–water partition coefficient (Wildman–Crippen LogP) is 3.68. The van der Waals surface area contributed by atoms with E-state index < -0.39 is 23.8 Å². The summed E-state index contributed by atoms with van der Waals surface area (Å²) in [5.41, 5.74) is 2.25. The summed E-state index contributed by atoms with van der Waals surface area (Å²) in [6, 6.07) is 1.40. The fraction of sp³-hybridized carbons (Fsp3) is 0.708. The number of carbonyl (C=O) groups is 2. The smallest absolute Gasteiger partial charge is 0.308 e. The molecule has 2 saturated carbocycles. The number of pyridine rings is 1. The second kappa shape index (κ2) is 9.36. The van der Waals surface area contributed by atoms with Gasteiger partial charge in [-0.15, -0.1) is 0 Å². The van der Waals surface area contributed by atoms with E-state index in [1.54, 1.807) is 6.07 Å². The van der Waals surface area contributed by atoms with Crippen molar-refractivity contribution in [3.8, 4) is 0 Å². The highest BCUT2D eigenvalue weighted by Crippen LogP contribution is 2.28. The third-order valence-electron chi connectivity index (χ3n) is 7.41. The molecule has 0 radical (unpaired) electrons. The largest absolute Gasteiger partial charge is 0.481 e. The van der Waals surface area contributed by atoms with Gasteiger partial charge in [-0.3, -0.25) is 14.4 Å². The van der Waals surface area contributed by atoms with E-state index in [1.165, 1.54) is 19.3 Å². The molecule has 2 N–H and O–H groups in total. The number of aryl methyl sites for hydroxylation is 1. The van der Waals surface area contributed by atoms with E-state index in [0.29, 0.717) is 25.3 Å². The first kappa shape index (κ1) is 21.1. The Hall–Kier alpha value is -2.11. The van der Waals surface area contributed by atoms with Gasteiger partial charge in [-0.05, 0) is 68.9 Å². The molecule has 1 aromatic heterocycles. The van der Waals surface area contributed by atoms with Gasteiger partial charge < -0.3 is 15.0 Å². The summed E-state index contributed by atoms with van der Waals surface area (Å²) in [6.45, 7) is 0.712. The van der Waals surface area contributed by atoms with Crippen LogP contribution in [0.4, 0.5) is 0 Å². The van der Waals surface area contributed by atoms with Crippen LogP contribution in [0.15, 0.2) is 10.9 Å². The maximum Gasteiger partial charge on any atom is 0.308 e. The molecule has 164 valence electrons. The Balaban J connectivity index is 1.62. The van der Waals surface area contributed by atoms with Crippen LogP contribution in [0.25, 0.3) is 0 Å². The average molecular weight is 415 g/mol. The Morgan fingerprint density at radius 2 is 1.67 bits per heavy atom. The fourth-order valence-corrected chi connectivity index (χ4v) is 5.71. The third-order valence-corrected chi connectivity index (χ3v) is 7.41. The first-order chi connectivity index (χ1) is 14.5. The molecule has 0 aliphatic heterocycles. The van der Waals surface area contributed by atoms with Crippen molar-refractivity contribution in [1.82, 2.24) is 9.88 Å². The quantitative estimate of drug-likeness (QED) is 0.769. The Morgan fingerprint density at radius 3 is 2.43 bits per heavy atom. The van der Waals surface area contributed by atoms with Crippen molar-refractivity contribution in [3.63, 3.8) is 0 Å². The lowest BCUT2D eigenvalue weighted by Crippen LogP contribution is -2.47. The van der Waals surface area contributed by atoms with Crippen molar-refractivity contribution in [2.45, 2.75) is 96.1 Å². The maximum atomic E-state index is 13.4.